The van der Waals surface area contributed by atoms with E-state index in [-0.39, 0.29) is 23.3 Å². The quantitative estimate of drug-likeness (QED) is 0.379. The minimum absolute atomic E-state index is 0.150. The van der Waals surface area contributed by atoms with Gasteiger partial charge in [-0.05, 0) is 24.6 Å². The van der Waals surface area contributed by atoms with Crippen LogP contribution in [0.25, 0.3) is 0 Å². The van der Waals surface area contributed by atoms with Crippen LogP contribution in [0.1, 0.15) is 5.56 Å². The van der Waals surface area contributed by atoms with E-state index < -0.39 is 0 Å². The van der Waals surface area contributed by atoms with Crippen molar-refractivity contribution in [3.8, 4) is 0 Å². The number of carbonyl (C=O) groups excluding carboxylic acids is 1. The molecule has 0 aliphatic carbocycles. The fourth-order valence-corrected chi connectivity index (χ4v) is 2.30. The maximum atomic E-state index is 11.9. The highest BCUT2D eigenvalue weighted by Crippen LogP contribution is 2.21. The summed E-state index contributed by atoms with van der Waals surface area (Å²) in [5.41, 5.74) is 19.1. The molecule has 8 heteroatoms. The highest BCUT2D eigenvalue weighted by molar-refractivity contribution is 7.99. The van der Waals surface area contributed by atoms with Gasteiger partial charge in [0.2, 0.25) is 5.91 Å². The van der Waals surface area contributed by atoms with Crippen LogP contribution < -0.4 is 22.5 Å². The Balaban J connectivity index is 1.97. The van der Waals surface area contributed by atoms with Crippen LogP contribution >= 0.6 is 11.8 Å². The summed E-state index contributed by atoms with van der Waals surface area (Å²) < 4.78 is 0. The lowest BCUT2D eigenvalue weighted by atomic mass is 10.1. The Morgan fingerprint density at radius 2 is 1.90 bits per heavy atom. The molecule has 1 aromatic carbocycles. The van der Waals surface area contributed by atoms with Gasteiger partial charge in [0.15, 0.2) is 5.16 Å². The number of rotatable bonds is 4. The first-order valence-corrected chi connectivity index (χ1v) is 7.12. The molecule has 0 radical (unpaired) electrons. The lowest BCUT2D eigenvalue weighted by Gasteiger charge is -2.09. The topological polar surface area (TPSA) is 133 Å². The molecule has 0 aliphatic rings. The van der Waals surface area contributed by atoms with E-state index in [1.165, 1.54) is 6.07 Å². The third-order valence-electron chi connectivity index (χ3n) is 2.73. The van der Waals surface area contributed by atoms with Gasteiger partial charge >= 0.3 is 0 Å². The molecule has 0 saturated carbocycles. The average Bonchev–Trinajstić information content (AvgIpc) is 2.41. The Morgan fingerprint density at radius 3 is 2.57 bits per heavy atom. The predicted molar refractivity (Wildman–Crippen MR) is 85.8 cm³/mol. The Kier molecular flexibility index (Phi) is 4.49. The van der Waals surface area contributed by atoms with Gasteiger partial charge in [-0.25, -0.2) is 9.97 Å². The van der Waals surface area contributed by atoms with E-state index >= 15 is 0 Å². The van der Waals surface area contributed by atoms with Gasteiger partial charge in [-0.3, -0.25) is 4.79 Å². The van der Waals surface area contributed by atoms with Crippen molar-refractivity contribution < 1.29 is 4.79 Å². The summed E-state index contributed by atoms with van der Waals surface area (Å²) in [6.45, 7) is 1.85. The lowest BCUT2D eigenvalue weighted by Crippen LogP contribution is -2.15. The molecule has 2 aromatic rings. The van der Waals surface area contributed by atoms with Gasteiger partial charge in [-0.15, -0.1) is 0 Å². The fraction of sp³-hybridized carbons (Fsp3) is 0.154. The number of amides is 1. The van der Waals surface area contributed by atoms with Crippen molar-refractivity contribution in [2.45, 2.75) is 12.1 Å². The van der Waals surface area contributed by atoms with Crippen LogP contribution in [0.2, 0.25) is 0 Å². The highest BCUT2D eigenvalue weighted by Gasteiger charge is 2.09. The Labute approximate surface area is 126 Å². The number of hydrogen-bond donors (Lipinski definition) is 4. The molecule has 7 N–H and O–H groups in total. The molecule has 0 atom stereocenters. The zero-order chi connectivity index (χ0) is 15.4. The highest BCUT2D eigenvalue weighted by atomic mass is 32.2. The third kappa shape index (κ3) is 3.99. The smallest absolute Gasteiger partial charge is 0.234 e. The van der Waals surface area contributed by atoms with E-state index in [1.54, 1.807) is 18.2 Å². The summed E-state index contributed by atoms with van der Waals surface area (Å²) in [6.07, 6.45) is 0. The van der Waals surface area contributed by atoms with Crippen molar-refractivity contribution >= 4 is 40.7 Å². The number of nitrogens with zero attached hydrogens (tertiary/aromatic N) is 2. The van der Waals surface area contributed by atoms with Crippen LogP contribution in [0.3, 0.4) is 0 Å². The van der Waals surface area contributed by atoms with Gasteiger partial charge in [0.1, 0.15) is 11.6 Å². The molecule has 1 amide bonds. The Bertz CT molecular complexity index is 655. The van der Waals surface area contributed by atoms with Gasteiger partial charge in [-0.2, -0.15) is 0 Å². The normalized spacial score (nSPS) is 10.3. The summed E-state index contributed by atoms with van der Waals surface area (Å²) in [7, 11) is 0. The molecule has 110 valence electrons. The van der Waals surface area contributed by atoms with Gasteiger partial charge in [0.25, 0.3) is 0 Å². The summed E-state index contributed by atoms with van der Waals surface area (Å²) in [5.74, 6) is 0.518. The number of anilines is 4. The van der Waals surface area contributed by atoms with Crippen LogP contribution in [-0.4, -0.2) is 21.6 Å². The summed E-state index contributed by atoms with van der Waals surface area (Å²) >= 11 is 1.16. The van der Waals surface area contributed by atoms with Gasteiger partial charge in [-0.1, -0.05) is 17.8 Å². The monoisotopic (exact) mass is 304 g/mol. The number of nitrogens with two attached hydrogens (primary N) is 3. The maximum absolute atomic E-state index is 11.9. The van der Waals surface area contributed by atoms with Crippen molar-refractivity contribution in [1.29, 1.82) is 0 Å². The first-order chi connectivity index (χ1) is 9.95. The SMILES string of the molecule is Cc1c(N)cccc1NC(=O)CSc1nc(N)cc(N)n1. The minimum atomic E-state index is -0.182. The van der Waals surface area contributed by atoms with E-state index in [0.717, 1.165) is 17.3 Å². The second kappa shape index (κ2) is 6.31. The first-order valence-electron chi connectivity index (χ1n) is 6.13. The summed E-state index contributed by atoms with van der Waals surface area (Å²) in [5, 5.41) is 3.16. The average molecular weight is 304 g/mol. The molecule has 7 nitrogen and oxygen atoms in total. The van der Waals surface area contributed by atoms with Gasteiger partial charge in [0, 0.05) is 17.4 Å². The van der Waals surface area contributed by atoms with Crippen molar-refractivity contribution in [1.82, 2.24) is 9.97 Å². The number of nitrogen functional groups attached to an aromatic ring is 3. The predicted octanol–water partition coefficient (Wildman–Crippen LogP) is 1.26. The molecule has 1 heterocycles. The zero-order valence-electron chi connectivity index (χ0n) is 11.5. The van der Waals surface area contributed by atoms with E-state index in [0.29, 0.717) is 16.5 Å². The number of thioether (sulfide) groups is 1. The second-order valence-corrected chi connectivity index (χ2v) is 5.30. The molecule has 2 rings (SSSR count). The van der Waals surface area contributed by atoms with E-state index in [2.05, 4.69) is 15.3 Å². The molecular weight excluding hydrogens is 288 g/mol. The van der Waals surface area contributed by atoms with Crippen molar-refractivity contribution in [2.24, 2.45) is 0 Å². The number of benzene rings is 1. The molecule has 0 unspecified atom stereocenters. The van der Waals surface area contributed by atoms with Crippen LogP contribution in [0, 0.1) is 6.92 Å². The summed E-state index contributed by atoms with van der Waals surface area (Å²) in [6, 6.07) is 6.82. The molecule has 21 heavy (non-hydrogen) atoms. The first kappa shape index (κ1) is 14.9. The largest absolute Gasteiger partial charge is 0.398 e. The number of hydrogen-bond acceptors (Lipinski definition) is 7. The van der Waals surface area contributed by atoms with Crippen LogP contribution in [-0.2, 0) is 4.79 Å². The van der Waals surface area contributed by atoms with Gasteiger partial charge < -0.3 is 22.5 Å². The third-order valence-corrected chi connectivity index (χ3v) is 3.57. The number of aromatic nitrogens is 2. The molecular formula is C13H16N6OS. The zero-order valence-corrected chi connectivity index (χ0v) is 12.3. The molecule has 0 fully saturated rings. The summed E-state index contributed by atoms with van der Waals surface area (Å²) in [4.78, 5) is 19.9. The van der Waals surface area contributed by atoms with Crippen LogP contribution in [0.4, 0.5) is 23.0 Å². The minimum Gasteiger partial charge on any atom is -0.398 e. The number of carbonyl (C=O) groups is 1. The van der Waals surface area contributed by atoms with Gasteiger partial charge in [0.05, 0.1) is 5.75 Å². The van der Waals surface area contributed by atoms with Crippen molar-refractivity contribution in [3.63, 3.8) is 0 Å². The molecule has 0 saturated heterocycles. The molecule has 1 aromatic heterocycles. The van der Waals surface area contributed by atoms with Crippen molar-refractivity contribution in [3.05, 3.63) is 29.8 Å². The van der Waals surface area contributed by atoms with Crippen molar-refractivity contribution in [2.75, 3.05) is 28.3 Å². The van der Waals surface area contributed by atoms with E-state index in [1.807, 2.05) is 6.92 Å². The second-order valence-electron chi connectivity index (χ2n) is 4.36. The van der Waals surface area contributed by atoms with E-state index in [9.17, 15) is 4.79 Å². The maximum Gasteiger partial charge on any atom is 0.234 e. The molecule has 0 spiro atoms. The number of nitrogens with one attached hydrogen (secondary N) is 1. The lowest BCUT2D eigenvalue weighted by molar-refractivity contribution is -0.113. The van der Waals surface area contributed by atoms with Crippen LogP contribution in [0.15, 0.2) is 29.4 Å². The van der Waals surface area contributed by atoms with E-state index in [4.69, 9.17) is 17.2 Å². The molecule has 0 bridgehead atoms. The Hall–Kier alpha value is -2.48. The standard InChI is InChI=1S/C13H16N6OS/c1-7-8(14)3-2-4-9(7)17-12(20)6-21-13-18-10(15)5-11(16)19-13/h2-5H,6,14H2,1H3,(H,17,20)(H4,15,16,18,19). The fourth-order valence-electron chi connectivity index (χ4n) is 1.63. The Morgan fingerprint density at radius 1 is 1.24 bits per heavy atom. The van der Waals surface area contributed by atoms with Crippen LogP contribution in [0.5, 0.6) is 0 Å². The molecule has 0 aliphatic heterocycles.